The van der Waals surface area contributed by atoms with Crippen LogP contribution in [0.3, 0.4) is 0 Å². The summed E-state index contributed by atoms with van der Waals surface area (Å²) in [4.78, 5) is 10.6. The highest BCUT2D eigenvalue weighted by atomic mass is 16.4. The zero-order valence-corrected chi connectivity index (χ0v) is 9.22. The molecule has 0 saturated heterocycles. The highest BCUT2D eigenvalue weighted by Gasteiger charge is 2.01. The van der Waals surface area contributed by atoms with Crippen LogP contribution in [0.25, 0.3) is 0 Å². The van der Waals surface area contributed by atoms with E-state index in [1.807, 2.05) is 48.5 Å². The van der Waals surface area contributed by atoms with Gasteiger partial charge in [-0.3, -0.25) is 0 Å². The van der Waals surface area contributed by atoms with Crippen molar-refractivity contribution in [1.82, 2.24) is 0 Å². The van der Waals surface area contributed by atoms with Crippen LogP contribution in [0.1, 0.15) is 5.56 Å². The highest BCUT2D eigenvalue weighted by molar-refractivity contribution is 5.73. The minimum Gasteiger partial charge on any atom is -0.550 e. The lowest BCUT2D eigenvalue weighted by atomic mass is 10.1. The Kier molecular flexibility index (Phi) is 3.40. The number of carbonyl (C=O) groups is 1. The predicted molar refractivity (Wildman–Crippen MR) is 64.9 cm³/mol. The van der Waals surface area contributed by atoms with Gasteiger partial charge in [-0.2, -0.15) is 0 Å². The smallest absolute Gasteiger partial charge is 0.0459 e. The van der Waals surface area contributed by atoms with E-state index >= 15 is 0 Å². The molecule has 0 bridgehead atoms. The summed E-state index contributed by atoms with van der Waals surface area (Å²) in [5.41, 5.74) is 2.44. The molecule has 0 amide bonds. The second kappa shape index (κ2) is 5.16. The summed E-state index contributed by atoms with van der Waals surface area (Å²) >= 11 is 0. The van der Waals surface area contributed by atoms with Crippen molar-refractivity contribution in [2.24, 2.45) is 0 Å². The number of carboxylic acid groups (broad SMARTS) is 1. The van der Waals surface area contributed by atoms with E-state index in [4.69, 9.17) is 0 Å². The van der Waals surface area contributed by atoms with Crippen molar-refractivity contribution in [3.05, 3.63) is 60.2 Å². The summed E-state index contributed by atoms with van der Waals surface area (Å²) in [5.74, 6) is -1.08. The summed E-state index contributed by atoms with van der Waals surface area (Å²) < 4.78 is 0. The number of nitrogens with one attached hydrogen (secondary N) is 1. The summed E-state index contributed by atoms with van der Waals surface area (Å²) in [6.07, 6.45) is -0.0873. The minimum atomic E-state index is -1.08. The molecular formula is C14H12NO2-. The molecule has 0 spiro atoms. The van der Waals surface area contributed by atoms with Crippen molar-refractivity contribution < 1.29 is 9.90 Å². The number of para-hydroxylation sites is 2. The molecule has 2 aromatic rings. The molecule has 0 saturated carbocycles. The predicted octanol–water partition coefficient (Wildman–Crippen LogP) is 1.72. The molecule has 1 N–H and O–H groups in total. The van der Waals surface area contributed by atoms with Gasteiger partial charge in [0.1, 0.15) is 0 Å². The Balaban J connectivity index is 2.23. The van der Waals surface area contributed by atoms with Gasteiger partial charge in [0.15, 0.2) is 0 Å². The monoisotopic (exact) mass is 226 g/mol. The van der Waals surface area contributed by atoms with Crippen LogP contribution in [0, 0.1) is 0 Å². The van der Waals surface area contributed by atoms with E-state index < -0.39 is 5.97 Å². The molecule has 3 heteroatoms. The van der Waals surface area contributed by atoms with Crippen molar-refractivity contribution in [3.8, 4) is 0 Å². The quantitative estimate of drug-likeness (QED) is 0.863. The lowest BCUT2D eigenvalue weighted by molar-refractivity contribution is -0.304. The fraction of sp³-hybridized carbons (Fsp3) is 0.0714. The maximum Gasteiger partial charge on any atom is 0.0459 e. The molecule has 0 radical (unpaired) electrons. The van der Waals surface area contributed by atoms with Gasteiger partial charge in [0, 0.05) is 23.8 Å². The zero-order valence-electron chi connectivity index (χ0n) is 9.22. The standard InChI is InChI=1S/C14H13NO2/c16-14(17)10-11-6-4-5-9-13(11)15-12-7-2-1-3-8-12/h1-9,15H,10H2,(H,16,17)/p-1. The molecule has 0 aliphatic carbocycles. The van der Waals surface area contributed by atoms with Gasteiger partial charge in [0.05, 0.1) is 0 Å². The second-order valence-corrected chi connectivity index (χ2v) is 3.70. The van der Waals surface area contributed by atoms with Crippen molar-refractivity contribution in [2.75, 3.05) is 5.32 Å². The van der Waals surface area contributed by atoms with Gasteiger partial charge < -0.3 is 15.2 Å². The normalized spacial score (nSPS) is 9.88. The van der Waals surface area contributed by atoms with Crippen LogP contribution in [0.15, 0.2) is 54.6 Å². The first-order valence-corrected chi connectivity index (χ1v) is 5.35. The first-order chi connectivity index (χ1) is 8.25. The van der Waals surface area contributed by atoms with E-state index in [-0.39, 0.29) is 6.42 Å². The first-order valence-electron chi connectivity index (χ1n) is 5.35. The van der Waals surface area contributed by atoms with Crippen LogP contribution >= 0.6 is 0 Å². The van der Waals surface area contributed by atoms with Gasteiger partial charge in [-0.05, 0) is 23.8 Å². The molecule has 2 aromatic carbocycles. The summed E-state index contributed by atoms with van der Waals surface area (Å²) in [7, 11) is 0. The van der Waals surface area contributed by atoms with Crippen molar-refractivity contribution in [2.45, 2.75) is 6.42 Å². The van der Waals surface area contributed by atoms with E-state index in [1.54, 1.807) is 6.07 Å². The average molecular weight is 226 g/mol. The Morgan fingerprint density at radius 2 is 1.65 bits per heavy atom. The van der Waals surface area contributed by atoms with Crippen LogP contribution in [-0.4, -0.2) is 5.97 Å². The number of hydrogen-bond acceptors (Lipinski definition) is 3. The molecule has 3 nitrogen and oxygen atoms in total. The Labute approximate surface area is 99.7 Å². The van der Waals surface area contributed by atoms with E-state index in [0.29, 0.717) is 0 Å². The van der Waals surface area contributed by atoms with Gasteiger partial charge >= 0.3 is 0 Å². The summed E-state index contributed by atoms with van der Waals surface area (Å²) in [6.45, 7) is 0. The number of benzene rings is 2. The van der Waals surface area contributed by atoms with Crippen LogP contribution in [0.2, 0.25) is 0 Å². The molecule has 0 aliphatic heterocycles. The SMILES string of the molecule is O=C([O-])Cc1ccccc1Nc1ccccc1. The third kappa shape index (κ3) is 3.08. The van der Waals surface area contributed by atoms with Crippen LogP contribution in [0.5, 0.6) is 0 Å². The number of rotatable bonds is 4. The Bertz CT molecular complexity index is 509. The third-order valence-corrected chi connectivity index (χ3v) is 2.40. The fourth-order valence-corrected chi connectivity index (χ4v) is 1.63. The number of aliphatic carboxylic acids is 1. The molecule has 0 aromatic heterocycles. The van der Waals surface area contributed by atoms with Crippen LogP contribution in [0.4, 0.5) is 11.4 Å². The van der Waals surface area contributed by atoms with Gasteiger partial charge in [0.25, 0.3) is 0 Å². The molecule has 0 heterocycles. The topological polar surface area (TPSA) is 52.2 Å². The molecule has 0 atom stereocenters. The van der Waals surface area contributed by atoms with Crippen molar-refractivity contribution >= 4 is 17.3 Å². The van der Waals surface area contributed by atoms with E-state index in [9.17, 15) is 9.90 Å². The number of carboxylic acids is 1. The maximum atomic E-state index is 10.6. The van der Waals surface area contributed by atoms with E-state index in [0.717, 1.165) is 16.9 Å². The number of hydrogen-bond donors (Lipinski definition) is 1. The van der Waals surface area contributed by atoms with Crippen LogP contribution < -0.4 is 10.4 Å². The van der Waals surface area contributed by atoms with Crippen molar-refractivity contribution in [1.29, 1.82) is 0 Å². The second-order valence-electron chi connectivity index (χ2n) is 3.70. The lowest BCUT2D eigenvalue weighted by Crippen LogP contribution is -2.24. The molecule has 0 aliphatic rings. The highest BCUT2D eigenvalue weighted by Crippen LogP contribution is 2.20. The fourth-order valence-electron chi connectivity index (χ4n) is 1.63. The molecule has 17 heavy (non-hydrogen) atoms. The van der Waals surface area contributed by atoms with E-state index in [2.05, 4.69) is 5.32 Å². The van der Waals surface area contributed by atoms with Gasteiger partial charge in [0.2, 0.25) is 0 Å². The molecule has 0 unspecified atom stereocenters. The van der Waals surface area contributed by atoms with Gasteiger partial charge in [-0.25, -0.2) is 0 Å². The molecule has 0 fully saturated rings. The van der Waals surface area contributed by atoms with Crippen LogP contribution in [-0.2, 0) is 11.2 Å². The summed E-state index contributed by atoms with van der Waals surface area (Å²) in [5, 5.41) is 13.8. The average Bonchev–Trinajstić information content (AvgIpc) is 2.32. The van der Waals surface area contributed by atoms with Gasteiger partial charge in [-0.1, -0.05) is 36.4 Å². The molecule has 86 valence electrons. The Hall–Kier alpha value is -2.29. The third-order valence-electron chi connectivity index (χ3n) is 2.40. The number of carbonyl (C=O) groups excluding carboxylic acids is 1. The zero-order chi connectivity index (χ0) is 12.1. The van der Waals surface area contributed by atoms with E-state index in [1.165, 1.54) is 0 Å². The Morgan fingerprint density at radius 3 is 2.35 bits per heavy atom. The Morgan fingerprint density at radius 1 is 1.00 bits per heavy atom. The number of anilines is 2. The summed E-state index contributed by atoms with van der Waals surface area (Å²) in [6, 6.07) is 16.9. The van der Waals surface area contributed by atoms with Gasteiger partial charge in [-0.15, -0.1) is 0 Å². The largest absolute Gasteiger partial charge is 0.550 e. The van der Waals surface area contributed by atoms with Crippen molar-refractivity contribution in [3.63, 3.8) is 0 Å². The minimum absolute atomic E-state index is 0.0873. The molecule has 2 rings (SSSR count). The lowest BCUT2D eigenvalue weighted by Gasteiger charge is -2.12. The molecular weight excluding hydrogens is 214 g/mol. The first kappa shape index (κ1) is 11.2. The maximum absolute atomic E-state index is 10.6.